The molecule has 4 heterocycles. The number of nitrogens with zero attached hydrogens (tertiary/aromatic N) is 8. The maximum absolute atomic E-state index is 13.1. The molecular weight excluding hydrogens is 393 g/mol. The topological polar surface area (TPSA) is 78.7 Å². The van der Waals surface area contributed by atoms with Crippen LogP contribution >= 0.6 is 15.9 Å². The van der Waals surface area contributed by atoms with Gasteiger partial charge in [-0.3, -0.25) is 9.36 Å². The molecule has 0 radical (unpaired) electrons. The summed E-state index contributed by atoms with van der Waals surface area (Å²) in [6, 6.07) is 0. The molecule has 124 valence electrons. The van der Waals surface area contributed by atoms with E-state index in [9.17, 15) is 13.2 Å². The number of halogens is 4. The molecule has 0 unspecified atom stereocenters. The number of aromatic nitrogens is 8. The van der Waals surface area contributed by atoms with Crippen molar-refractivity contribution in [2.75, 3.05) is 0 Å². The first kappa shape index (κ1) is 15.1. The quantitative estimate of drug-likeness (QED) is 0.489. The molecule has 0 atom stereocenters. The lowest BCUT2D eigenvalue weighted by atomic mass is 10.3. The van der Waals surface area contributed by atoms with Crippen molar-refractivity contribution in [1.29, 1.82) is 0 Å². The molecule has 4 rings (SSSR count). The normalized spacial score (nSPS) is 12.6. The lowest BCUT2D eigenvalue weighted by Crippen LogP contribution is -2.12. The Morgan fingerprint density at radius 2 is 1.83 bits per heavy atom. The molecule has 4 aromatic heterocycles. The molecule has 8 nitrogen and oxygen atoms in total. The Balaban J connectivity index is 1.96. The van der Waals surface area contributed by atoms with Gasteiger partial charge in [-0.05, 0) is 15.9 Å². The molecule has 0 fully saturated rings. The lowest BCUT2D eigenvalue weighted by molar-refractivity contribution is -0.144. The van der Waals surface area contributed by atoms with Gasteiger partial charge in [0, 0.05) is 14.1 Å². The van der Waals surface area contributed by atoms with E-state index in [4.69, 9.17) is 0 Å². The van der Waals surface area contributed by atoms with Gasteiger partial charge < -0.3 is 0 Å². The summed E-state index contributed by atoms with van der Waals surface area (Å²) in [5, 5.41) is 12.8. The zero-order valence-corrected chi connectivity index (χ0v) is 13.8. The number of aryl methyl sites for hydroxylation is 2. The predicted octanol–water partition coefficient (Wildman–Crippen LogP) is 2.19. The van der Waals surface area contributed by atoms with Gasteiger partial charge in [0.25, 0.3) is 0 Å². The van der Waals surface area contributed by atoms with Gasteiger partial charge in [-0.1, -0.05) is 0 Å². The number of hydrogen-bond donors (Lipinski definition) is 0. The van der Waals surface area contributed by atoms with Crippen LogP contribution in [0.1, 0.15) is 5.69 Å². The molecule has 0 spiro atoms. The Morgan fingerprint density at radius 1 is 1.08 bits per heavy atom. The first-order valence-electron chi connectivity index (χ1n) is 6.60. The monoisotopic (exact) mass is 400 g/mol. The average molecular weight is 401 g/mol. The van der Waals surface area contributed by atoms with Crippen molar-refractivity contribution in [2.45, 2.75) is 6.18 Å². The van der Waals surface area contributed by atoms with Crippen molar-refractivity contribution >= 4 is 32.6 Å². The highest BCUT2D eigenvalue weighted by Crippen LogP contribution is 2.39. The third-order valence-corrected chi connectivity index (χ3v) is 4.29. The Bertz CT molecular complexity index is 1090. The fourth-order valence-electron chi connectivity index (χ4n) is 2.49. The van der Waals surface area contributed by atoms with Crippen LogP contribution in [0.15, 0.2) is 17.0 Å². The van der Waals surface area contributed by atoms with Crippen LogP contribution in [0.3, 0.4) is 0 Å². The highest BCUT2D eigenvalue weighted by atomic mass is 79.9. The van der Waals surface area contributed by atoms with Crippen LogP contribution in [0, 0.1) is 0 Å². The third kappa shape index (κ3) is 2.02. The van der Waals surface area contributed by atoms with Crippen LogP contribution in [0.4, 0.5) is 13.2 Å². The minimum absolute atomic E-state index is 0.00515. The summed E-state index contributed by atoms with van der Waals surface area (Å²) in [5.74, 6) is 0.0612. The van der Waals surface area contributed by atoms with E-state index >= 15 is 0 Å². The maximum Gasteiger partial charge on any atom is 0.434 e. The molecule has 0 N–H and O–H groups in total. The van der Waals surface area contributed by atoms with E-state index in [2.05, 4.69) is 41.2 Å². The largest absolute Gasteiger partial charge is 0.434 e. The molecule has 12 heteroatoms. The zero-order valence-electron chi connectivity index (χ0n) is 12.2. The highest BCUT2D eigenvalue weighted by molar-refractivity contribution is 9.10. The van der Waals surface area contributed by atoms with Crippen molar-refractivity contribution in [2.24, 2.45) is 14.1 Å². The number of fused-ring (bicyclic) bond motifs is 3. The SMILES string of the molecule is Cn1nc(-c2nc3c4cnn(C)c4ncn3n2)c(Br)c1C(F)(F)F. The smallest absolute Gasteiger partial charge is 0.262 e. The minimum atomic E-state index is -4.55. The van der Waals surface area contributed by atoms with Gasteiger partial charge in [0.15, 0.2) is 17.0 Å². The van der Waals surface area contributed by atoms with Crippen LogP contribution in [0.2, 0.25) is 0 Å². The second-order valence-electron chi connectivity index (χ2n) is 5.09. The molecule has 0 saturated heterocycles. The Labute approximate surface area is 140 Å². The molecule has 24 heavy (non-hydrogen) atoms. The van der Waals surface area contributed by atoms with Crippen LogP contribution in [0.5, 0.6) is 0 Å². The molecular formula is C12H8BrF3N8. The molecule has 4 aromatic rings. The number of hydrogen-bond acceptors (Lipinski definition) is 5. The molecule has 0 aliphatic carbocycles. The summed E-state index contributed by atoms with van der Waals surface area (Å²) in [7, 11) is 2.95. The fraction of sp³-hybridized carbons (Fsp3) is 0.250. The lowest BCUT2D eigenvalue weighted by Gasteiger charge is -2.06. The summed E-state index contributed by atoms with van der Waals surface area (Å²) >= 11 is 2.96. The predicted molar refractivity (Wildman–Crippen MR) is 80.0 cm³/mol. The first-order chi connectivity index (χ1) is 11.3. The van der Waals surface area contributed by atoms with Gasteiger partial charge in [-0.15, -0.1) is 5.10 Å². The Hall–Kier alpha value is -2.50. The minimum Gasteiger partial charge on any atom is -0.262 e. The van der Waals surface area contributed by atoms with Crippen LogP contribution in [-0.4, -0.2) is 39.1 Å². The van der Waals surface area contributed by atoms with Crippen LogP contribution in [0.25, 0.3) is 28.2 Å². The van der Waals surface area contributed by atoms with Crippen molar-refractivity contribution in [3.05, 3.63) is 22.7 Å². The second-order valence-corrected chi connectivity index (χ2v) is 5.88. The average Bonchev–Trinajstić information content (AvgIpc) is 3.13. The van der Waals surface area contributed by atoms with Gasteiger partial charge in [-0.25, -0.2) is 14.5 Å². The zero-order chi connectivity index (χ0) is 17.2. The third-order valence-electron chi connectivity index (χ3n) is 3.54. The summed E-state index contributed by atoms with van der Waals surface area (Å²) < 4.78 is 42.8. The van der Waals surface area contributed by atoms with Crippen LogP contribution < -0.4 is 0 Å². The number of rotatable bonds is 1. The van der Waals surface area contributed by atoms with E-state index < -0.39 is 11.9 Å². The van der Waals surface area contributed by atoms with Crippen molar-refractivity contribution < 1.29 is 13.2 Å². The van der Waals surface area contributed by atoms with E-state index in [1.54, 1.807) is 17.9 Å². The summed E-state index contributed by atoms with van der Waals surface area (Å²) in [6.45, 7) is 0. The second kappa shape index (κ2) is 4.75. The molecule has 0 aliphatic heterocycles. The molecule has 0 saturated carbocycles. The maximum atomic E-state index is 13.1. The van der Waals surface area contributed by atoms with Crippen molar-refractivity contribution in [3.8, 4) is 11.5 Å². The standard InChI is InChI=1S/C12H8BrF3N8/c1-22-8(12(14,15)16)6(13)7(20-22)9-19-11-5-3-18-23(2)10(5)17-4-24(11)21-9/h3-4H,1-2H3. The van der Waals surface area contributed by atoms with E-state index in [1.807, 2.05) is 0 Å². The van der Waals surface area contributed by atoms with E-state index in [1.165, 1.54) is 17.9 Å². The number of alkyl halides is 3. The molecule has 0 aromatic carbocycles. The van der Waals surface area contributed by atoms with Gasteiger partial charge in [0.05, 0.1) is 16.1 Å². The molecule has 0 amide bonds. The molecule has 0 aliphatic rings. The van der Waals surface area contributed by atoms with E-state index in [0.29, 0.717) is 16.7 Å². The van der Waals surface area contributed by atoms with Gasteiger partial charge in [0.1, 0.15) is 12.0 Å². The van der Waals surface area contributed by atoms with Gasteiger partial charge in [-0.2, -0.15) is 23.4 Å². The highest BCUT2D eigenvalue weighted by Gasteiger charge is 2.39. The van der Waals surface area contributed by atoms with Crippen molar-refractivity contribution in [1.82, 2.24) is 39.1 Å². The summed E-state index contributed by atoms with van der Waals surface area (Å²) in [4.78, 5) is 8.51. The van der Waals surface area contributed by atoms with Gasteiger partial charge in [0.2, 0.25) is 5.82 Å². The fourth-order valence-corrected chi connectivity index (χ4v) is 3.23. The Kier molecular flexibility index (Phi) is 2.98. The Morgan fingerprint density at radius 3 is 2.50 bits per heavy atom. The molecule has 0 bridgehead atoms. The summed E-state index contributed by atoms with van der Waals surface area (Å²) in [5.41, 5.74) is 0.137. The van der Waals surface area contributed by atoms with E-state index in [-0.39, 0.29) is 16.0 Å². The van der Waals surface area contributed by atoms with E-state index in [0.717, 1.165) is 4.68 Å². The van der Waals surface area contributed by atoms with Crippen molar-refractivity contribution in [3.63, 3.8) is 0 Å². The first-order valence-corrected chi connectivity index (χ1v) is 7.40. The summed E-state index contributed by atoms with van der Waals surface area (Å²) in [6.07, 6.45) is -1.54. The van der Waals surface area contributed by atoms with Gasteiger partial charge >= 0.3 is 6.18 Å². The van der Waals surface area contributed by atoms with Crippen LogP contribution in [-0.2, 0) is 20.3 Å².